The monoisotopic (exact) mass is 459 g/mol. The third-order valence-electron chi connectivity index (χ3n) is 4.89. The standard InChI is InChI=1S/C24H26FNO5S/c25-19-8-12-24(13-9-19)32(29,30)23-10-6-18(7-11-23)14-20(16-27)26-15-21(28)17-31-22-4-2-1-3-5-22/h1-13,20-21,26-28H,14-17H2/t20-,21-/m0/s1. The lowest BCUT2D eigenvalue weighted by molar-refractivity contribution is 0.0997. The lowest BCUT2D eigenvalue weighted by Crippen LogP contribution is -2.41. The van der Waals surface area contributed by atoms with Crippen LogP contribution in [0.5, 0.6) is 5.75 Å². The highest BCUT2D eigenvalue weighted by molar-refractivity contribution is 7.91. The third kappa shape index (κ3) is 6.61. The van der Waals surface area contributed by atoms with E-state index in [1.807, 2.05) is 18.2 Å². The zero-order valence-corrected chi connectivity index (χ0v) is 18.2. The summed E-state index contributed by atoms with van der Waals surface area (Å²) in [4.78, 5) is 0.128. The number of nitrogens with one attached hydrogen (secondary N) is 1. The summed E-state index contributed by atoms with van der Waals surface area (Å²) in [6.45, 7) is 0.197. The van der Waals surface area contributed by atoms with Crippen LogP contribution in [0.15, 0.2) is 88.7 Å². The number of aliphatic hydroxyl groups excluding tert-OH is 2. The molecule has 170 valence electrons. The molecule has 0 fully saturated rings. The van der Waals surface area contributed by atoms with Crippen molar-refractivity contribution in [3.05, 3.63) is 90.2 Å². The SMILES string of the molecule is O=S(=O)(c1ccc(F)cc1)c1ccc(C[C@@H](CO)NC[C@H](O)COc2ccccc2)cc1. The van der Waals surface area contributed by atoms with E-state index in [1.165, 1.54) is 24.3 Å². The van der Waals surface area contributed by atoms with E-state index in [0.717, 1.165) is 17.7 Å². The van der Waals surface area contributed by atoms with Gasteiger partial charge in [-0.05, 0) is 60.5 Å². The normalized spacial score (nSPS) is 13.5. The molecule has 0 saturated heterocycles. The van der Waals surface area contributed by atoms with Crippen LogP contribution < -0.4 is 10.1 Å². The van der Waals surface area contributed by atoms with Crippen LogP contribution in [0.4, 0.5) is 4.39 Å². The molecule has 0 amide bonds. The van der Waals surface area contributed by atoms with Crippen molar-refractivity contribution in [1.29, 1.82) is 0 Å². The smallest absolute Gasteiger partial charge is 0.206 e. The van der Waals surface area contributed by atoms with Gasteiger partial charge in [0.1, 0.15) is 24.3 Å². The van der Waals surface area contributed by atoms with Gasteiger partial charge in [0, 0.05) is 12.6 Å². The van der Waals surface area contributed by atoms with Crippen molar-refractivity contribution in [2.45, 2.75) is 28.4 Å². The number of hydrogen-bond acceptors (Lipinski definition) is 6. The molecule has 0 aliphatic rings. The fraction of sp³-hybridized carbons (Fsp3) is 0.250. The highest BCUT2D eigenvalue weighted by Crippen LogP contribution is 2.21. The Balaban J connectivity index is 1.53. The fourth-order valence-corrected chi connectivity index (χ4v) is 4.37. The number of sulfone groups is 1. The van der Waals surface area contributed by atoms with E-state index in [0.29, 0.717) is 12.2 Å². The quantitative estimate of drug-likeness (QED) is 0.382. The van der Waals surface area contributed by atoms with Crippen molar-refractivity contribution in [2.24, 2.45) is 0 Å². The number of halogens is 1. The second-order valence-electron chi connectivity index (χ2n) is 7.37. The summed E-state index contributed by atoms with van der Waals surface area (Å²) in [5.74, 6) is 0.166. The fourth-order valence-electron chi connectivity index (χ4n) is 3.11. The van der Waals surface area contributed by atoms with Crippen molar-refractivity contribution in [3.63, 3.8) is 0 Å². The Hall–Kier alpha value is -2.78. The molecule has 0 aliphatic heterocycles. The zero-order valence-electron chi connectivity index (χ0n) is 17.4. The molecule has 0 bridgehead atoms. The molecule has 0 heterocycles. The molecule has 0 radical (unpaired) electrons. The van der Waals surface area contributed by atoms with Crippen LogP contribution >= 0.6 is 0 Å². The first-order valence-electron chi connectivity index (χ1n) is 10.2. The van der Waals surface area contributed by atoms with Gasteiger partial charge in [-0.3, -0.25) is 0 Å². The first-order valence-corrected chi connectivity index (χ1v) is 11.7. The molecule has 2 atom stereocenters. The highest BCUT2D eigenvalue weighted by atomic mass is 32.2. The number of benzene rings is 3. The summed E-state index contributed by atoms with van der Waals surface area (Å²) >= 11 is 0. The highest BCUT2D eigenvalue weighted by Gasteiger charge is 2.18. The second kappa shape index (κ2) is 11.2. The van der Waals surface area contributed by atoms with E-state index in [4.69, 9.17) is 4.74 Å². The Kier molecular flexibility index (Phi) is 8.35. The van der Waals surface area contributed by atoms with Gasteiger partial charge in [-0.2, -0.15) is 0 Å². The average molecular weight is 460 g/mol. The van der Waals surface area contributed by atoms with Gasteiger partial charge >= 0.3 is 0 Å². The van der Waals surface area contributed by atoms with Gasteiger partial charge in [0.25, 0.3) is 0 Å². The summed E-state index contributed by atoms with van der Waals surface area (Å²) in [7, 11) is -3.74. The Labute approximate surface area is 187 Å². The topological polar surface area (TPSA) is 95.9 Å². The van der Waals surface area contributed by atoms with E-state index < -0.39 is 21.8 Å². The number of rotatable bonds is 11. The molecule has 32 heavy (non-hydrogen) atoms. The molecule has 3 N–H and O–H groups in total. The van der Waals surface area contributed by atoms with Gasteiger partial charge in [0.05, 0.1) is 16.4 Å². The predicted octanol–water partition coefficient (Wildman–Crippen LogP) is 2.59. The van der Waals surface area contributed by atoms with Gasteiger partial charge in [0.15, 0.2) is 0 Å². The summed E-state index contributed by atoms with van der Waals surface area (Å²) < 4.78 is 43.9. The van der Waals surface area contributed by atoms with Crippen LogP contribution in [0.25, 0.3) is 0 Å². The third-order valence-corrected chi connectivity index (χ3v) is 6.67. The maximum atomic E-state index is 13.1. The predicted molar refractivity (Wildman–Crippen MR) is 119 cm³/mol. The van der Waals surface area contributed by atoms with Crippen LogP contribution in [0.2, 0.25) is 0 Å². The molecular weight excluding hydrogens is 433 g/mol. The average Bonchev–Trinajstić information content (AvgIpc) is 2.81. The molecule has 3 rings (SSSR count). The van der Waals surface area contributed by atoms with E-state index in [-0.39, 0.29) is 35.6 Å². The Bertz CT molecular complexity index is 1070. The van der Waals surface area contributed by atoms with E-state index in [2.05, 4.69) is 5.32 Å². The van der Waals surface area contributed by atoms with E-state index >= 15 is 0 Å². The van der Waals surface area contributed by atoms with Crippen LogP contribution in [0.3, 0.4) is 0 Å². The first kappa shape index (κ1) is 23.9. The Morgan fingerprint density at radius 1 is 0.906 bits per heavy atom. The molecule has 0 saturated carbocycles. The molecule has 0 aliphatic carbocycles. The minimum Gasteiger partial charge on any atom is -0.491 e. The second-order valence-corrected chi connectivity index (χ2v) is 9.32. The van der Waals surface area contributed by atoms with Gasteiger partial charge in [0.2, 0.25) is 9.84 Å². The number of ether oxygens (including phenoxy) is 1. The Morgan fingerprint density at radius 3 is 2.09 bits per heavy atom. The van der Waals surface area contributed by atoms with Crippen LogP contribution in [-0.4, -0.2) is 50.5 Å². The lowest BCUT2D eigenvalue weighted by atomic mass is 10.1. The largest absolute Gasteiger partial charge is 0.491 e. The molecule has 3 aromatic rings. The summed E-state index contributed by atoms with van der Waals surface area (Å²) in [6.07, 6.45) is -0.313. The maximum absolute atomic E-state index is 13.1. The molecule has 6 nitrogen and oxygen atoms in total. The van der Waals surface area contributed by atoms with Gasteiger partial charge in [-0.25, -0.2) is 12.8 Å². The van der Waals surface area contributed by atoms with Gasteiger partial charge in [-0.1, -0.05) is 30.3 Å². The summed E-state index contributed by atoms with van der Waals surface area (Å²) in [6, 6.07) is 19.9. The van der Waals surface area contributed by atoms with Crippen molar-refractivity contribution in [2.75, 3.05) is 19.8 Å². The van der Waals surface area contributed by atoms with Crippen molar-refractivity contribution < 1.29 is 27.8 Å². The van der Waals surface area contributed by atoms with Crippen LogP contribution in [0, 0.1) is 5.82 Å². The molecule has 0 aromatic heterocycles. The van der Waals surface area contributed by atoms with E-state index in [1.54, 1.807) is 24.3 Å². The lowest BCUT2D eigenvalue weighted by Gasteiger charge is -2.19. The van der Waals surface area contributed by atoms with Gasteiger partial charge in [-0.15, -0.1) is 0 Å². The summed E-state index contributed by atoms with van der Waals surface area (Å²) in [5.41, 5.74) is 0.824. The van der Waals surface area contributed by atoms with Crippen LogP contribution in [0.1, 0.15) is 5.56 Å². The number of aliphatic hydroxyl groups is 2. The zero-order chi connectivity index (χ0) is 23.0. The minimum atomic E-state index is -3.74. The van der Waals surface area contributed by atoms with Crippen molar-refractivity contribution in [1.82, 2.24) is 5.32 Å². The molecule has 0 unspecified atom stereocenters. The molecule has 3 aromatic carbocycles. The molecule has 8 heteroatoms. The molecular formula is C24H26FNO5S. The number of para-hydroxylation sites is 1. The summed E-state index contributed by atoms with van der Waals surface area (Å²) in [5, 5.41) is 22.9. The van der Waals surface area contributed by atoms with Crippen LogP contribution in [-0.2, 0) is 16.3 Å². The molecule has 0 spiro atoms. The Morgan fingerprint density at radius 2 is 1.50 bits per heavy atom. The van der Waals surface area contributed by atoms with Crippen molar-refractivity contribution >= 4 is 9.84 Å². The maximum Gasteiger partial charge on any atom is 0.206 e. The van der Waals surface area contributed by atoms with Crippen molar-refractivity contribution in [3.8, 4) is 5.75 Å². The first-order chi connectivity index (χ1) is 15.4. The minimum absolute atomic E-state index is 0.0215. The van der Waals surface area contributed by atoms with E-state index in [9.17, 15) is 23.0 Å². The number of hydrogen-bond donors (Lipinski definition) is 3. The van der Waals surface area contributed by atoms with Gasteiger partial charge < -0.3 is 20.3 Å².